The molecule has 0 radical (unpaired) electrons. The summed E-state index contributed by atoms with van der Waals surface area (Å²) in [5.41, 5.74) is 3.41. The van der Waals surface area contributed by atoms with Crippen LogP contribution in [0.1, 0.15) is 32.4 Å². The van der Waals surface area contributed by atoms with Gasteiger partial charge >= 0.3 is 0 Å². The van der Waals surface area contributed by atoms with Gasteiger partial charge in [-0.05, 0) is 25.0 Å². The summed E-state index contributed by atoms with van der Waals surface area (Å²) in [7, 11) is 0. The summed E-state index contributed by atoms with van der Waals surface area (Å²) < 4.78 is 0. The highest BCUT2D eigenvalue weighted by molar-refractivity contribution is 5.91. The van der Waals surface area contributed by atoms with Crippen LogP contribution in [-0.4, -0.2) is 17.1 Å². The highest BCUT2D eigenvalue weighted by Crippen LogP contribution is 2.29. The fourth-order valence-corrected chi connectivity index (χ4v) is 2.20. The molecule has 1 heterocycles. The summed E-state index contributed by atoms with van der Waals surface area (Å²) in [6, 6.07) is 11.7. The lowest BCUT2D eigenvalue weighted by atomic mass is 10.1. The Hall–Kier alpha value is -1.61. The Morgan fingerprint density at radius 1 is 1.26 bits per heavy atom. The van der Waals surface area contributed by atoms with Crippen molar-refractivity contribution >= 4 is 16.6 Å². The summed E-state index contributed by atoms with van der Waals surface area (Å²) in [6.45, 7) is 5.14. The first-order valence-corrected chi connectivity index (χ1v) is 7.11. The van der Waals surface area contributed by atoms with Crippen molar-refractivity contribution in [2.75, 3.05) is 5.32 Å². The molecule has 1 aliphatic carbocycles. The molecule has 1 saturated carbocycles. The molecule has 2 N–H and O–H groups in total. The Labute approximate surface area is 114 Å². The predicted octanol–water partition coefficient (Wildman–Crippen LogP) is 3.31. The number of nitrogens with zero attached hydrogens (tertiary/aromatic N) is 1. The molecule has 1 aromatic heterocycles. The van der Waals surface area contributed by atoms with E-state index in [1.54, 1.807) is 0 Å². The highest BCUT2D eigenvalue weighted by atomic mass is 15.0. The molecule has 0 aliphatic heterocycles. The van der Waals surface area contributed by atoms with E-state index >= 15 is 0 Å². The Morgan fingerprint density at radius 3 is 2.79 bits per heavy atom. The summed E-state index contributed by atoms with van der Waals surface area (Å²) in [6.07, 6.45) is 2.58. The van der Waals surface area contributed by atoms with Crippen molar-refractivity contribution in [2.24, 2.45) is 0 Å². The number of para-hydroxylation sites is 1. The average Bonchev–Trinajstić information content (AvgIpc) is 3.20. The topological polar surface area (TPSA) is 37.0 Å². The molecule has 0 atom stereocenters. The van der Waals surface area contributed by atoms with Gasteiger partial charge in [0.1, 0.15) is 0 Å². The van der Waals surface area contributed by atoms with E-state index in [-0.39, 0.29) is 0 Å². The van der Waals surface area contributed by atoms with Gasteiger partial charge in [0.25, 0.3) is 0 Å². The van der Waals surface area contributed by atoms with Gasteiger partial charge in [-0.25, -0.2) is 0 Å². The third-order valence-electron chi connectivity index (χ3n) is 3.40. The van der Waals surface area contributed by atoms with Crippen molar-refractivity contribution < 1.29 is 0 Å². The summed E-state index contributed by atoms with van der Waals surface area (Å²) >= 11 is 0. The maximum absolute atomic E-state index is 4.73. The van der Waals surface area contributed by atoms with Crippen molar-refractivity contribution in [2.45, 2.75) is 45.3 Å². The normalized spacial score (nSPS) is 15.1. The van der Waals surface area contributed by atoms with E-state index in [0.29, 0.717) is 12.1 Å². The second kappa shape index (κ2) is 5.17. The molecule has 0 bridgehead atoms. The van der Waals surface area contributed by atoms with Crippen molar-refractivity contribution in [3.63, 3.8) is 0 Å². The fraction of sp³-hybridized carbons (Fsp3) is 0.438. The molecule has 0 unspecified atom stereocenters. The Balaban J connectivity index is 1.94. The van der Waals surface area contributed by atoms with E-state index in [0.717, 1.165) is 17.8 Å². The van der Waals surface area contributed by atoms with Gasteiger partial charge in [0.15, 0.2) is 0 Å². The summed E-state index contributed by atoms with van der Waals surface area (Å²) in [4.78, 5) is 4.73. The highest BCUT2D eigenvalue weighted by Gasteiger charge is 2.21. The molecule has 0 saturated heterocycles. The Bertz CT molecular complexity index is 573. The fourth-order valence-electron chi connectivity index (χ4n) is 2.20. The molecule has 2 aromatic rings. The first kappa shape index (κ1) is 12.4. The minimum absolute atomic E-state index is 0.480. The zero-order valence-electron chi connectivity index (χ0n) is 11.6. The Kier molecular flexibility index (Phi) is 3.38. The maximum Gasteiger partial charge on any atom is 0.0726 e. The number of anilines is 1. The van der Waals surface area contributed by atoms with Gasteiger partial charge in [0.2, 0.25) is 0 Å². The lowest BCUT2D eigenvalue weighted by Gasteiger charge is -2.13. The predicted molar refractivity (Wildman–Crippen MR) is 80.4 cm³/mol. The smallest absolute Gasteiger partial charge is 0.0726 e. The van der Waals surface area contributed by atoms with Gasteiger partial charge in [-0.15, -0.1) is 0 Å². The molecule has 0 amide bonds. The van der Waals surface area contributed by atoms with Crippen LogP contribution in [0.3, 0.4) is 0 Å². The van der Waals surface area contributed by atoms with E-state index in [1.807, 2.05) is 0 Å². The molecule has 3 rings (SSSR count). The summed E-state index contributed by atoms with van der Waals surface area (Å²) in [5, 5.41) is 8.28. The van der Waals surface area contributed by atoms with Crippen LogP contribution in [0.25, 0.3) is 10.9 Å². The van der Waals surface area contributed by atoms with Crippen molar-refractivity contribution in [3.05, 3.63) is 36.0 Å². The van der Waals surface area contributed by atoms with Crippen molar-refractivity contribution in [1.82, 2.24) is 10.3 Å². The second-order valence-electron chi connectivity index (χ2n) is 5.63. The number of rotatable bonds is 5. The van der Waals surface area contributed by atoms with Crippen LogP contribution in [-0.2, 0) is 6.54 Å². The molecule has 3 nitrogen and oxygen atoms in total. The molecule has 100 valence electrons. The zero-order valence-corrected chi connectivity index (χ0v) is 11.6. The Morgan fingerprint density at radius 2 is 2.05 bits per heavy atom. The number of aromatic nitrogens is 1. The molecule has 1 fully saturated rings. The van der Waals surface area contributed by atoms with Crippen LogP contribution in [0.2, 0.25) is 0 Å². The number of hydrogen-bond donors (Lipinski definition) is 2. The van der Waals surface area contributed by atoms with E-state index in [4.69, 9.17) is 4.98 Å². The largest absolute Gasteiger partial charge is 0.382 e. The third-order valence-corrected chi connectivity index (χ3v) is 3.40. The molecule has 3 heteroatoms. The van der Waals surface area contributed by atoms with Gasteiger partial charge < -0.3 is 10.6 Å². The lowest BCUT2D eigenvalue weighted by Crippen LogP contribution is -2.22. The second-order valence-corrected chi connectivity index (χ2v) is 5.63. The van der Waals surface area contributed by atoms with Crippen LogP contribution in [0, 0.1) is 0 Å². The van der Waals surface area contributed by atoms with Crippen molar-refractivity contribution in [3.8, 4) is 0 Å². The van der Waals surface area contributed by atoms with E-state index in [2.05, 4.69) is 54.8 Å². The minimum Gasteiger partial charge on any atom is -0.382 e. The quantitative estimate of drug-likeness (QED) is 0.860. The maximum atomic E-state index is 4.73. The first-order valence-electron chi connectivity index (χ1n) is 7.11. The number of pyridine rings is 1. The van der Waals surface area contributed by atoms with Gasteiger partial charge in [-0.1, -0.05) is 32.0 Å². The van der Waals surface area contributed by atoms with Crippen LogP contribution in [0.4, 0.5) is 5.69 Å². The monoisotopic (exact) mass is 255 g/mol. The van der Waals surface area contributed by atoms with Crippen LogP contribution in [0.15, 0.2) is 30.3 Å². The van der Waals surface area contributed by atoms with Gasteiger partial charge in [-0.2, -0.15) is 0 Å². The third kappa shape index (κ3) is 3.04. The molecule has 0 spiro atoms. The summed E-state index contributed by atoms with van der Waals surface area (Å²) in [5.74, 6) is 0. The van der Waals surface area contributed by atoms with Gasteiger partial charge in [0, 0.05) is 29.7 Å². The zero-order chi connectivity index (χ0) is 13.2. The van der Waals surface area contributed by atoms with E-state index in [9.17, 15) is 0 Å². The molecular formula is C16H21N3. The molecule has 19 heavy (non-hydrogen) atoms. The van der Waals surface area contributed by atoms with Gasteiger partial charge in [-0.3, -0.25) is 4.98 Å². The van der Waals surface area contributed by atoms with Crippen LogP contribution < -0.4 is 10.6 Å². The first-order chi connectivity index (χ1) is 9.22. The van der Waals surface area contributed by atoms with Gasteiger partial charge in [0.05, 0.1) is 11.2 Å². The molecular weight excluding hydrogens is 234 g/mol. The van der Waals surface area contributed by atoms with Crippen LogP contribution >= 0.6 is 0 Å². The minimum atomic E-state index is 0.480. The number of fused-ring (bicyclic) bond motifs is 1. The molecule has 1 aromatic carbocycles. The van der Waals surface area contributed by atoms with E-state index < -0.39 is 0 Å². The number of nitrogens with one attached hydrogen (secondary N) is 2. The number of benzene rings is 1. The number of hydrogen-bond acceptors (Lipinski definition) is 3. The lowest BCUT2D eigenvalue weighted by molar-refractivity contribution is 0.582. The van der Waals surface area contributed by atoms with Crippen molar-refractivity contribution in [1.29, 1.82) is 0 Å². The average molecular weight is 255 g/mol. The SMILES string of the molecule is CC(C)NCc1cc(NC2CC2)c2ccccc2n1. The molecule has 1 aliphatic rings. The standard InChI is InChI=1S/C16H21N3/c1-11(2)17-10-13-9-16(18-12-7-8-12)14-5-3-4-6-15(14)19-13/h3-6,9,11-12,17H,7-8,10H2,1-2H3,(H,18,19). The van der Waals surface area contributed by atoms with E-state index in [1.165, 1.54) is 23.9 Å². The van der Waals surface area contributed by atoms with Crippen LogP contribution in [0.5, 0.6) is 0 Å².